The Labute approximate surface area is 124 Å². The van der Waals surface area contributed by atoms with Crippen LogP contribution in [0.5, 0.6) is 0 Å². The highest BCUT2D eigenvalue weighted by Crippen LogP contribution is 2.33. The molecule has 0 aromatic heterocycles. The number of anilines is 2. The van der Waals surface area contributed by atoms with Crippen LogP contribution in [-0.2, 0) is 10.2 Å². The number of nitrogen functional groups attached to an aromatic ring is 1. The van der Waals surface area contributed by atoms with Crippen LogP contribution in [0.1, 0.15) is 13.8 Å². The Morgan fingerprint density at radius 1 is 1.28 bits per heavy atom. The quantitative estimate of drug-likeness (QED) is 0.664. The Hall–Kier alpha value is -0.310. The summed E-state index contributed by atoms with van der Waals surface area (Å²) < 4.78 is 29.7. The smallest absolute Gasteiger partial charge is 0.299 e. The minimum absolute atomic E-state index is 0.236. The first-order chi connectivity index (χ1) is 8.21. The lowest BCUT2D eigenvalue weighted by Crippen LogP contribution is -2.33. The maximum atomic E-state index is 11.8. The molecule has 0 aliphatic rings. The van der Waals surface area contributed by atoms with E-state index in [1.54, 1.807) is 12.1 Å². The molecule has 0 atom stereocenters. The van der Waals surface area contributed by atoms with Crippen molar-refractivity contribution >= 4 is 53.4 Å². The molecule has 0 aliphatic heterocycles. The van der Waals surface area contributed by atoms with Crippen LogP contribution in [0.15, 0.2) is 21.1 Å². The van der Waals surface area contributed by atoms with Crippen molar-refractivity contribution in [1.82, 2.24) is 4.72 Å². The molecule has 0 saturated heterocycles. The van der Waals surface area contributed by atoms with Crippen LogP contribution in [0, 0.1) is 5.92 Å². The molecular weight excluding hydrogens is 386 g/mol. The van der Waals surface area contributed by atoms with Crippen LogP contribution in [0.25, 0.3) is 0 Å². The predicted octanol–water partition coefficient (Wildman–Crippen LogP) is 2.70. The molecule has 5 nitrogen and oxygen atoms in total. The molecule has 0 aliphatic carbocycles. The summed E-state index contributed by atoms with van der Waals surface area (Å²) in [4.78, 5) is 0. The summed E-state index contributed by atoms with van der Waals surface area (Å²) in [5.74, 6) is 0.236. The van der Waals surface area contributed by atoms with Crippen LogP contribution in [0.2, 0.25) is 0 Å². The first kappa shape index (κ1) is 15.7. The van der Waals surface area contributed by atoms with Gasteiger partial charge in [0.25, 0.3) is 10.2 Å². The number of nitrogens with one attached hydrogen (secondary N) is 2. The molecule has 0 saturated carbocycles. The minimum Gasteiger partial charge on any atom is -0.399 e. The summed E-state index contributed by atoms with van der Waals surface area (Å²) in [6.07, 6.45) is 0. The van der Waals surface area contributed by atoms with Crippen LogP contribution >= 0.6 is 31.9 Å². The molecule has 1 aromatic carbocycles. The SMILES string of the molecule is CC(C)CNS(=O)(=O)Nc1c(Br)cc(N)cc1Br. The van der Waals surface area contributed by atoms with Gasteiger partial charge in [0.05, 0.1) is 5.69 Å². The summed E-state index contributed by atoms with van der Waals surface area (Å²) in [7, 11) is -3.59. The third-order valence-electron chi connectivity index (χ3n) is 1.98. The summed E-state index contributed by atoms with van der Waals surface area (Å²) in [6, 6.07) is 3.26. The molecule has 1 aromatic rings. The fourth-order valence-electron chi connectivity index (χ4n) is 1.14. The van der Waals surface area contributed by atoms with Crippen LogP contribution < -0.4 is 15.2 Å². The molecule has 18 heavy (non-hydrogen) atoms. The Morgan fingerprint density at radius 3 is 2.22 bits per heavy atom. The van der Waals surface area contributed by atoms with E-state index in [1.165, 1.54) is 0 Å². The van der Waals surface area contributed by atoms with E-state index >= 15 is 0 Å². The van der Waals surface area contributed by atoms with Gasteiger partial charge in [-0.25, -0.2) is 0 Å². The molecule has 0 heterocycles. The molecule has 0 fully saturated rings. The second kappa shape index (κ2) is 6.23. The largest absolute Gasteiger partial charge is 0.399 e. The highest BCUT2D eigenvalue weighted by atomic mass is 79.9. The molecule has 4 N–H and O–H groups in total. The molecule has 8 heteroatoms. The Balaban J connectivity index is 2.91. The Morgan fingerprint density at radius 2 is 1.78 bits per heavy atom. The molecule has 0 spiro atoms. The maximum absolute atomic E-state index is 11.8. The second-order valence-corrected chi connectivity index (χ2v) is 7.42. The van der Waals surface area contributed by atoms with E-state index in [9.17, 15) is 8.42 Å². The van der Waals surface area contributed by atoms with Crippen molar-refractivity contribution in [2.45, 2.75) is 13.8 Å². The van der Waals surface area contributed by atoms with Gasteiger partial charge in [-0.2, -0.15) is 13.1 Å². The minimum atomic E-state index is -3.59. The fraction of sp³-hybridized carbons (Fsp3) is 0.400. The third kappa shape index (κ3) is 4.75. The number of benzene rings is 1. The van der Waals surface area contributed by atoms with Crippen molar-refractivity contribution < 1.29 is 8.42 Å². The normalized spacial score (nSPS) is 11.8. The van der Waals surface area contributed by atoms with Gasteiger partial charge in [-0.15, -0.1) is 0 Å². The summed E-state index contributed by atoms with van der Waals surface area (Å²) in [5.41, 5.74) is 6.59. The molecule has 0 unspecified atom stereocenters. The first-order valence-corrected chi connectivity index (χ1v) is 8.30. The second-order valence-electron chi connectivity index (χ2n) is 4.21. The van der Waals surface area contributed by atoms with E-state index in [0.717, 1.165) is 0 Å². The van der Waals surface area contributed by atoms with Crippen LogP contribution in [0.4, 0.5) is 11.4 Å². The van der Waals surface area contributed by atoms with Gasteiger partial charge < -0.3 is 5.73 Å². The topological polar surface area (TPSA) is 84.2 Å². The lowest BCUT2D eigenvalue weighted by atomic mass is 10.2. The van der Waals surface area contributed by atoms with E-state index < -0.39 is 10.2 Å². The van der Waals surface area contributed by atoms with Gasteiger partial charge in [0.2, 0.25) is 0 Å². The number of hydrogen-bond acceptors (Lipinski definition) is 3. The summed E-state index contributed by atoms with van der Waals surface area (Å²) >= 11 is 6.53. The molecule has 0 radical (unpaired) electrons. The number of rotatable bonds is 5. The van der Waals surface area contributed by atoms with Gasteiger partial charge >= 0.3 is 0 Å². The molecule has 0 amide bonds. The Kier molecular flexibility index (Phi) is 5.45. The Bertz CT molecular complexity index is 509. The molecule has 102 valence electrons. The van der Waals surface area contributed by atoms with E-state index in [2.05, 4.69) is 41.3 Å². The third-order valence-corrected chi connectivity index (χ3v) is 4.25. The highest BCUT2D eigenvalue weighted by Gasteiger charge is 2.15. The van der Waals surface area contributed by atoms with Crippen LogP contribution in [0.3, 0.4) is 0 Å². The van der Waals surface area contributed by atoms with Crippen molar-refractivity contribution in [2.75, 3.05) is 17.0 Å². The highest BCUT2D eigenvalue weighted by molar-refractivity contribution is 9.11. The number of nitrogens with two attached hydrogens (primary N) is 1. The van der Waals surface area contributed by atoms with Crippen molar-refractivity contribution in [3.05, 3.63) is 21.1 Å². The zero-order valence-electron chi connectivity index (χ0n) is 10.00. The van der Waals surface area contributed by atoms with E-state index in [1.807, 2.05) is 13.8 Å². The maximum Gasteiger partial charge on any atom is 0.299 e. The van der Waals surface area contributed by atoms with Gasteiger partial charge in [-0.3, -0.25) is 4.72 Å². The monoisotopic (exact) mass is 399 g/mol. The molecular formula is C10H15Br2N3O2S. The van der Waals surface area contributed by atoms with Crippen molar-refractivity contribution in [1.29, 1.82) is 0 Å². The van der Waals surface area contributed by atoms with Gasteiger partial charge in [0.15, 0.2) is 0 Å². The number of hydrogen-bond donors (Lipinski definition) is 3. The predicted molar refractivity (Wildman–Crippen MR) is 81.6 cm³/mol. The van der Waals surface area contributed by atoms with Crippen molar-refractivity contribution in [3.8, 4) is 0 Å². The standard InChI is InChI=1S/C10H15Br2N3O2S/c1-6(2)5-14-18(16,17)15-10-8(11)3-7(13)4-9(10)12/h3-4,6,14-15H,5,13H2,1-2H3. The fourth-order valence-corrected chi connectivity index (χ4v) is 3.93. The molecule has 1 rings (SSSR count). The van der Waals surface area contributed by atoms with Gasteiger partial charge in [0.1, 0.15) is 0 Å². The van der Waals surface area contributed by atoms with Crippen molar-refractivity contribution in [2.24, 2.45) is 5.92 Å². The van der Waals surface area contributed by atoms with Gasteiger partial charge in [-0.1, -0.05) is 13.8 Å². The zero-order chi connectivity index (χ0) is 13.9. The average Bonchev–Trinajstić information content (AvgIpc) is 2.21. The van der Waals surface area contributed by atoms with Crippen LogP contribution in [-0.4, -0.2) is 15.0 Å². The van der Waals surface area contributed by atoms with E-state index in [4.69, 9.17) is 5.73 Å². The van der Waals surface area contributed by atoms with E-state index in [0.29, 0.717) is 26.9 Å². The molecule has 0 bridgehead atoms. The lowest BCUT2D eigenvalue weighted by molar-refractivity contribution is 0.565. The van der Waals surface area contributed by atoms with E-state index in [-0.39, 0.29) is 5.92 Å². The average molecular weight is 401 g/mol. The zero-order valence-corrected chi connectivity index (χ0v) is 14.0. The first-order valence-electron chi connectivity index (χ1n) is 5.23. The van der Waals surface area contributed by atoms with Gasteiger partial charge in [-0.05, 0) is 49.9 Å². The van der Waals surface area contributed by atoms with Gasteiger partial charge in [0, 0.05) is 21.2 Å². The summed E-state index contributed by atoms with van der Waals surface area (Å²) in [5, 5.41) is 0. The summed E-state index contributed by atoms with van der Waals surface area (Å²) in [6.45, 7) is 4.23. The lowest BCUT2D eigenvalue weighted by Gasteiger charge is -2.14. The van der Waals surface area contributed by atoms with Crippen molar-refractivity contribution in [3.63, 3.8) is 0 Å². The number of halogens is 2.